The molecule has 0 saturated carbocycles. The fourth-order valence-corrected chi connectivity index (χ4v) is 5.53. The van der Waals surface area contributed by atoms with Gasteiger partial charge in [-0.2, -0.15) is 0 Å². The monoisotopic (exact) mass is 531 g/mol. The Bertz CT molecular complexity index is 1420. The molecule has 5 rings (SSSR count). The van der Waals surface area contributed by atoms with Crippen molar-refractivity contribution in [2.24, 2.45) is 10.9 Å². The number of methoxy groups -OCH3 is 1. The Morgan fingerprint density at radius 2 is 2.13 bits per heavy atom. The minimum absolute atomic E-state index is 0.0560. The van der Waals surface area contributed by atoms with Crippen molar-refractivity contribution in [1.29, 1.82) is 0 Å². The number of aliphatic imine (C=N–C) groups is 1. The molecule has 2 aliphatic heterocycles. The number of hydrogen-bond acceptors (Lipinski definition) is 6. The average molecular weight is 532 g/mol. The lowest BCUT2D eigenvalue weighted by molar-refractivity contribution is -0.130. The highest BCUT2D eigenvalue weighted by molar-refractivity contribution is 6.01. The van der Waals surface area contributed by atoms with Gasteiger partial charge in [0.15, 0.2) is 11.6 Å². The molecule has 1 amide bonds. The fraction of sp³-hybridized carbons (Fsp3) is 0.500. The van der Waals surface area contributed by atoms with E-state index in [0.717, 1.165) is 6.42 Å². The number of nitrogens with zero attached hydrogens (tertiary/aromatic N) is 5. The van der Waals surface area contributed by atoms with E-state index in [2.05, 4.69) is 22.7 Å². The zero-order valence-corrected chi connectivity index (χ0v) is 22.1. The van der Waals surface area contributed by atoms with Gasteiger partial charge in [0, 0.05) is 37.8 Å². The predicted octanol–water partition coefficient (Wildman–Crippen LogP) is 3.69. The molecular formula is C26H32F3N7O2. The van der Waals surface area contributed by atoms with Crippen molar-refractivity contribution in [3.8, 4) is 11.1 Å². The highest BCUT2D eigenvalue weighted by Gasteiger charge is 2.38. The van der Waals surface area contributed by atoms with Crippen molar-refractivity contribution in [2.45, 2.75) is 58.9 Å². The van der Waals surface area contributed by atoms with Gasteiger partial charge in [-0.15, -0.1) is 0 Å². The summed E-state index contributed by atoms with van der Waals surface area (Å²) >= 11 is 0. The first kappa shape index (κ1) is 26.1. The SMILES string of the molecule is COC1=NC(C)(N[C@@H]2CCN(C(C)=O)C[C@@H]2C)Nn2ccc(-c3cc(F)c4nc(C)n(CC(F)F)c4c3)c21. The van der Waals surface area contributed by atoms with Crippen LogP contribution in [0.4, 0.5) is 13.2 Å². The number of ether oxygens (including phenoxy) is 1. The summed E-state index contributed by atoms with van der Waals surface area (Å²) in [5.74, 6) is -0.556. The van der Waals surface area contributed by atoms with E-state index < -0.39 is 24.6 Å². The molecule has 2 aliphatic rings. The maximum absolute atomic E-state index is 15.1. The number of alkyl halides is 2. The van der Waals surface area contributed by atoms with Crippen molar-refractivity contribution in [1.82, 2.24) is 24.4 Å². The van der Waals surface area contributed by atoms with E-state index in [1.54, 1.807) is 36.9 Å². The fourth-order valence-electron chi connectivity index (χ4n) is 5.53. The summed E-state index contributed by atoms with van der Waals surface area (Å²) in [7, 11) is 1.52. The summed E-state index contributed by atoms with van der Waals surface area (Å²) in [5.41, 5.74) is 5.44. The molecule has 0 spiro atoms. The van der Waals surface area contributed by atoms with Gasteiger partial charge < -0.3 is 14.2 Å². The second-order valence-electron chi connectivity index (χ2n) is 10.2. The van der Waals surface area contributed by atoms with Crippen LogP contribution in [0.2, 0.25) is 0 Å². The molecule has 2 aromatic heterocycles. The minimum Gasteiger partial charge on any atom is -0.480 e. The van der Waals surface area contributed by atoms with Crippen LogP contribution in [0.25, 0.3) is 22.2 Å². The normalized spacial score (nSPS) is 23.4. The smallest absolute Gasteiger partial charge is 0.256 e. The summed E-state index contributed by atoms with van der Waals surface area (Å²) in [6.45, 7) is 7.93. The number of carbonyl (C=O) groups is 1. The van der Waals surface area contributed by atoms with Crippen LogP contribution in [0.5, 0.6) is 0 Å². The molecule has 204 valence electrons. The van der Waals surface area contributed by atoms with E-state index in [4.69, 9.17) is 9.73 Å². The number of likely N-dealkylation sites (tertiary alicyclic amines) is 1. The molecule has 2 N–H and O–H groups in total. The molecule has 0 bridgehead atoms. The first-order valence-corrected chi connectivity index (χ1v) is 12.6. The standard InChI is InChI=1S/C26H32F3N7O2/c1-14-12-34(16(3)37)8-7-20(14)31-26(4)32-25(38-5)24-18(6-9-36(24)33-26)17-10-19(27)23-21(11-17)35(13-22(28)29)15(2)30-23/h6,9-11,14,20,22,31,33H,7-8,12-13H2,1-5H3/t14-,20+,26?/m0/s1. The molecule has 1 fully saturated rings. The number of fused-ring (bicyclic) bond motifs is 2. The number of aromatic nitrogens is 3. The van der Waals surface area contributed by atoms with E-state index in [1.807, 2.05) is 11.8 Å². The Labute approximate surface area is 218 Å². The minimum atomic E-state index is -2.60. The molecule has 1 saturated heterocycles. The number of hydrogen-bond donors (Lipinski definition) is 2. The van der Waals surface area contributed by atoms with Crippen LogP contribution in [-0.2, 0) is 16.1 Å². The van der Waals surface area contributed by atoms with Gasteiger partial charge in [-0.05, 0) is 49.9 Å². The van der Waals surface area contributed by atoms with Gasteiger partial charge in [-0.1, -0.05) is 6.92 Å². The highest BCUT2D eigenvalue weighted by Crippen LogP contribution is 2.33. The molecule has 0 aliphatic carbocycles. The number of imidazole rings is 1. The maximum atomic E-state index is 15.1. The molecule has 12 heteroatoms. The third-order valence-corrected chi connectivity index (χ3v) is 7.39. The lowest BCUT2D eigenvalue weighted by Crippen LogP contribution is -2.61. The Kier molecular flexibility index (Phi) is 6.62. The Hall–Kier alpha value is -3.54. The number of amides is 1. The number of rotatable bonds is 5. The van der Waals surface area contributed by atoms with Crippen molar-refractivity contribution in [3.63, 3.8) is 0 Å². The van der Waals surface area contributed by atoms with Gasteiger partial charge in [0.25, 0.3) is 6.43 Å². The summed E-state index contributed by atoms with van der Waals surface area (Å²) in [6, 6.07) is 4.93. The van der Waals surface area contributed by atoms with Crippen LogP contribution in [0.3, 0.4) is 0 Å². The molecular weight excluding hydrogens is 499 g/mol. The third-order valence-electron chi connectivity index (χ3n) is 7.39. The zero-order chi connectivity index (χ0) is 27.4. The Morgan fingerprint density at radius 1 is 1.37 bits per heavy atom. The quantitative estimate of drug-likeness (QED) is 0.525. The van der Waals surface area contributed by atoms with E-state index >= 15 is 4.39 Å². The molecule has 38 heavy (non-hydrogen) atoms. The van der Waals surface area contributed by atoms with Crippen LogP contribution >= 0.6 is 0 Å². The Morgan fingerprint density at radius 3 is 2.79 bits per heavy atom. The first-order valence-electron chi connectivity index (χ1n) is 12.6. The van der Waals surface area contributed by atoms with Gasteiger partial charge in [0.1, 0.15) is 17.0 Å². The molecule has 3 atom stereocenters. The first-order chi connectivity index (χ1) is 18.0. The summed E-state index contributed by atoms with van der Waals surface area (Å²) in [5, 5.41) is 3.58. The summed E-state index contributed by atoms with van der Waals surface area (Å²) in [4.78, 5) is 22.6. The van der Waals surface area contributed by atoms with Gasteiger partial charge >= 0.3 is 0 Å². The van der Waals surface area contributed by atoms with Gasteiger partial charge in [0.2, 0.25) is 11.8 Å². The third kappa shape index (κ3) is 4.61. The number of aryl methyl sites for hydroxylation is 1. The lowest BCUT2D eigenvalue weighted by atomic mass is 9.93. The molecule has 4 heterocycles. The number of nitrogens with one attached hydrogen (secondary N) is 2. The van der Waals surface area contributed by atoms with E-state index in [1.165, 1.54) is 17.7 Å². The van der Waals surface area contributed by atoms with Crippen LogP contribution in [0.1, 0.15) is 38.7 Å². The van der Waals surface area contributed by atoms with Crippen LogP contribution in [0, 0.1) is 18.7 Å². The number of benzene rings is 1. The van der Waals surface area contributed by atoms with Crippen molar-refractivity contribution in [3.05, 3.63) is 41.7 Å². The van der Waals surface area contributed by atoms with Crippen molar-refractivity contribution < 1.29 is 22.7 Å². The van der Waals surface area contributed by atoms with Gasteiger partial charge in [0.05, 0.1) is 19.2 Å². The molecule has 1 aromatic carbocycles. The number of carbonyl (C=O) groups excluding carboxylic acids is 1. The predicted molar refractivity (Wildman–Crippen MR) is 138 cm³/mol. The van der Waals surface area contributed by atoms with E-state index in [0.29, 0.717) is 47.1 Å². The number of halogens is 3. The molecule has 1 unspecified atom stereocenters. The highest BCUT2D eigenvalue weighted by atomic mass is 19.3. The summed E-state index contributed by atoms with van der Waals surface area (Å²) in [6.07, 6.45) is -0.0202. The molecule has 0 radical (unpaired) electrons. The molecule has 9 nitrogen and oxygen atoms in total. The lowest BCUT2D eigenvalue weighted by Gasteiger charge is -2.42. The van der Waals surface area contributed by atoms with Gasteiger partial charge in [-0.25, -0.2) is 23.1 Å². The van der Waals surface area contributed by atoms with E-state index in [-0.39, 0.29) is 23.4 Å². The van der Waals surface area contributed by atoms with Gasteiger partial charge in [-0.3, -0.25) is 20.2 Å². The van der Waals surface area contributed by atoms with Crippen LogP contribution < -0.4 is 10.7 Å². The molecule has 3 aromatic rings. The van der Waals surface area contributed by atoms with E-state index in [9.17, 15) is 13.6 Å². The number of piperidine rings is 1. The summed E-state index contributed by atoms with van der Waals surface area (Å²) < 4.78 is 50.3. The van der Waals surface area contributed by atoms with Crippen LogP contribution in [0.15, 0.2) is 29.4 Å². The average Bonchev–Trinajstić information content (AvgIpc) is 3.40. The largest absolute Gasteiger partial charge is 0.480 e. The zero-order valence-electron chi connectivity index (χ0n) is 22.1. The van der Waals surface area contributed by atoms with Crippen LogP contribution in [-0.4, -0.2) is 69.4 Å². The van der Waals surface area contributed by atoms with Crippen molar-refractivity contribution in [2.75, 3.05) is 25.6 Å². The Balaban J connectivity index is 1.48. The topological polar surface area (TPSA) is 88.7 Å². The maximum Gasteiger partial charge on any atom is 0.256 e. The second-order valence-corrected chi connectivity index (χ2v) is 10.2. The second kappa shape index (κ2) is 9.64. The van der Waals surface area contributed by atoms with Crippen molar-refractivity contribution >= 4 is 22.8 Å².